The van der Waals surface area contributed by atoms with E-state index in [1.54, 1.807) is 24.3 Å². The van der Waals surface area contributed by atoms with Gasteiger partial charge in [-0.05, 0) is 24.3 Å². The molecule has 2 rings (SSSR count). The monoisotopic (exact) mass is 260 g/mol. The Balaban J connectivity index is 2.43. The summed E-state index contributed by atoms with van der Waals surface area (Å²) in [4.78, 5) is 0. The lowest BCUT2D eigenvalue weighted by Crippen LogP contribution is -1.94. The van der Waals surface area contributed by atoms with E-state index < -0.39 is 0 Å². The average Bonchev–Trinajstić information content (AvgIpc) is 2.35. The number of aromatic hydroxyl groups is 1. The number of phenolic OH excluding ortho intramolecular Hbond substituents is 1. The Bertz CT molecular complexity index is 635. The molecule has 18 heavy (non-hydrogen) atoms. The molecule has 0 aromatic heterocycles. The lowest BCUT2D eigenvalue weighted by Gasteiger charge is -2.10. The van der Waals surface area contributed by atoms with Gasteiger partial charge >= 0.3 is 0 Å². The molecule has 3 N–H and O–H groups in total. The van der Waals surface area contributed by atoms with Gasteiger partial charge in [-0.25, -0.2) is 0 Å². The summed E-state index contributed by atoms with van der Waals surface area (Å²) in [5.41, 5.74) is 6.12. The number of rotatable bonds is 2. The number of hydrogen-bond acceptors (Lipinski definition) is 4. The van der Waals surface area contributed by atoms with Crippen LogP contribution >= 0.6 is 11.6 Å². The molecule has 0 saturated carbocycles. The number of ether oxygens (including phenoxy) is 1. The van der Waals surface area contributed by atoms with Crippen LogP contribution in [0, 0.1) is 11.3 Å². The minimum absolute atomic E-state index is 0.0759. The third-order valence-electron chi connectivity index (χ3n) is 2.33. The number of para-hydroxylation sites is 1. The molecule has 2 aromatic rings. The van der Waals surface area contributed by atoms with E-state index in [9.17, 15) is 5.11 Å². The zero-order valence-electron chi connectivity index (χ0n) is 9.22. The Hall–Kier alpha value is -2.38. The van der Waals surface area contributed by atoms with Crippen molar-refractivity contribution >= 4 is 17.3 Å². The molecule has 0 aliphatic carbocycles. The summed E-state index contributed by atoms with van der Waals surface area (Å²) in [7, 11) is 0. The molecule has 0 bridgehead atoms. The molecule has 0 saturated heterocycles. The fourth-order valence-corrected chi connectivity index (χ4v) is 1.57. The van der Waals surface area contributed by atoms with E-state index in [0.717, 1.165) is 0 Å². The standard InChI is InChI=1S/C13H9ClN2O2/c14-9-5-4-8(7-15)12(6-9)18-11-3-1-2-10(17)13(11)16/h1-6,17H,16H2. The third kappa shape index (κ3) is 2.31. The van der Waals surface area contributed by atoms with Crippen LogP contribution < -0.4 is 10.5 Å². The maximum atomic E-state index is 9.46. The van der Waals surface area contributed by atoms with Crippen LogP contribution in [-0.2, 0) is 0 Å². The Labute approximate surface area is 109 Å². The van der Waals surface area contributed by atoms with Gasteiger partial charge in [0.05, 0.1) is 5.56 Å². The topological polar surface area (TPSA) is 79.3 Å². The summed E-state index contributed by atoms with van der Waals surface area (Å²) < 4.78 is 5.50. The van der Waals surface area contributed by atoms with Gasteiger partial charge in [-0.15, -0.1) is 0 Å². The molecule has 2 aromatic carbocycles. The molecule has 4 nitrogen and oxygen atoms in total. The number of anilines is 1. The van der Waals surface area contributed by atoms with E-state index in [1.807, 2.05) is 6.07 Å². The number of halogens is 1. The lowest BCUT2D eigenvalue weighted by molar-refractivity contribution is 0.459. The van der Waals surface area contributed by atoms with Crippen molar-refractivity contribution in [3.05, 3.63) is 47.0 Å². The molecule has 0 spiro atoms. The largest absolute Gasteiger partial charge is 0.506 e. The second-order valence-corrected chi connectivity index (χ2v) is 3.98. The first kappa shape index (κ1) is 12.1. The molecule has 0 unspecified atom stereocenters. The predicted octanol–water partition coefficient (Wildman–Crippen LogP) is 3.29. The van der Waals surface area contributed by atoms with Crippen molar-refractivity contribution in [2.24, 2.45) is 0 Å². The van der Waals surface area contributed by atoms with Crippen LogP contribution in [0.1, 0.15) is 5.56 Å². The molecular weight excluding hydrogens is 252 g/mol. The van der Waals surface area contributed by atoms with Gasteiger partial charge in [0.1, 0.15) is 23.3 Å². The van der Waals surface area contributed by atoms with E-state index in [-0.39, 0.29) is 17.2 Å². The van der Waals surface area contributed by atoms with Crippen LogP contribution in [0.4, 0.5) is 5.69 Å². The van der Waals surface area contributed by atoms with Gasteiger partial charge in [-0.2, -0.15) is 5.26 Å². The fraction of sp³-hybridized carbons (Fsp3) is 0. The number of nitrogen functional groups attached to an aromatic ring is 1. The van der Waals surface area contributed by atoms with Crippen molar-refractivity contribution in [2.45, 2.75) is 0 Å². The van der Waals surface area contributed by atoms with Crippen molar-refractivity contribution in [3.63, 3.8) is 0 Å². The predicted molar refractivity (Wildman–Crippen MR) is 68.8 cm³/mol. The van der Waals surface area contributed by atoms with Crippen molar-refractivity contribution in [1.82, 2.24) is 0 Å². The van der Waals surface area contributed by atoms with Crippen LogP contribution in [0.25, 0.3) is 0 Å². The van der Waals surface area contributed by atoms with Crippen molar-refractivity contribution in [2.75, 3.05) is 5.73 Å². The molecule has 0 aliphatic heterocycles. The zero-order valence-corrected chi connectivity index (χ0v) is 9.98. The van der Waals surface area contributed by atoms with E-state index in [0.29, 0.717) is 16.3 Å². The van der Waals surface area contributed by atoms with Crippen molar-refractivity contribution < 1.29 is 9.84 Å². The van der Waals surface area contributed by atoms with Crippen LogP contribution in [0.2, 0.25) is 5.02 Å². The number of nitrogens with zero attached hydrogens (tertiary/aromatic N) is 1. The molecule has 0 amide bonds. The Morgan fingerprint density at radius 3 is 2.72 bits per heavy atom. The first-order chi connectivity index (χ1) is 8.61. The SMILES string of the molecule is N#Cc1ccc(Cl)cc1Oc1cccc(O)c1N. The van der Waals surface area contributed by atoms with Crippen LogP contribution in [0.15, 0.2) is 36.4 Å². The van der Waals surface area contributed by atoms with Crippen molar-refractivity contribution in [3.8, 4) is 23.3 Å². The summed E-state index contributed by atoms with van der Waals surface area (Å²) in [6.45, 7) is 0. The van der Waals surface area contributed by atoms with Gasteiger partial charge in [0.15, 0.2) is 5.75 Å². The number of hydrogen-bond donors (Lipinski definition) is 2. The molecule has 0 fully saturated rings. The van der Waals surface area contributed by atoms with Gasteiger partial charge in [-0.3, -0.25) is 0 Å². The van der Waals surface area contributed by atoms with Gasteiger partial charge < -0.3 is 15.6 Å². The van der Waals surface area contributed by atoms with Gasteiger partial charge in [0.25, 0.3) is 0 Å². The molecule has 5 heteroatoms. The number of nitriles is 1. The third-order valence-corrected chi connectivity index (χ3v) is 2.56. The highest BCUT2D eigenvalue weighted by atomic mass is 35.5. The Morgan fingerprint density at radius 2 is 2.00 bits per heavy atom. The van der Waals surface area contributed by atoms with Crippen LogP contribution in [0.5, 0.6) is 17.2 Å². The lowest BCUT2D eigenvalue weighted by atomic mass is 10.2. The van der Waals surface area contributed by atoms with E-state index >= 15 is 0 Å². The number of benzene rings is 2. The summed E-state index contributed by atoms with van der Waals surface area (Å²) in [5, 5.41) is 18.9. The molecule has 0 radical (unpaired) electrons. The quantitative estimate of drug-likeness (QED) is 0.641. The smallest absolute Gasteiger partial charge is 0.154 e. The van der Waals surface area contributed by atoms with Crippen LogP contribution in [-0.4, -0.2) is 5.11 Å². The molecular formula is C13H9ClN2O2. The maximum absolute atomic E-state index is 9.46. The molecule has 0 atom stereocenters. The zero-order chi connectivity index (χ0) is 13.1. The Morgan fingerprint density at radius 1 is 1.22 bits per heavy atom. The minimum atomic E-state index is -0.0759. The fourth-order valence-electron chi connectivity index (χ4n) is 1.41. The normalized spacial score (nSPS) is 9.78. The Kier molecular flexibility index (Phi) is 3.26. The summed E-state index contributed by atoms with van der Waals surface area (Å²) in [5.74, 6) is 0.490. The highest BCUT2D eigenvalue weighted by molar-refractivity contribution is 6.30. The highest BCUT2D eigenvalue weighted by Crippen LogP contribution is 2.35. The highest BCUT2D eigenvalue weighted by Gasteiger charge is 2.09. The summed E-state index contributed by atoms with van der Waals surface area (Å²) in [6.07, 6.45) is 0. The van der Waals surface area contributed by atoms with Gasteiger partial charge in [-0.1, -0.05) is 17.7 Å². The van der Waals surface area contributed by atoms with Gasteiger partial charge in [0.2, 0.25) is 0 Å². The van der Waals surface area contributed by atoms with E-state index in [4.69, 9.17) is 27.3 Å². The molecule has 90 valence electrons. The molecule has 0 heterocycles. The second-order valence-electron chi connectivity index (χ2n) is 3.54. The summed E-state index contributed by atoms with van der Waals surface area (Å²) in [6, 6.07) is 11.3. The van der Waals surface area contributed by atoms with E-state index in [1.165, 1.54) is 12.1 Å². The van der Waals surface area contributed by atoms with Gasteiger partial charge in [0, 0.05) is 11.1 Å². The van der Waals surface area contributed by atoms with Crippen molar-refractivity contribution in [1.29, 1.82) is 5.26 Å². The minimum Gasteiger partial charge on any atom is -0.506 e. The first-order valence-electron chi connectivity index (χ1n) is 5.07. The molecule has 0 aliphatic rings. The average molecular weight is 261 g/mol. The second kappa shape index (κ2) is 4.86. The summed E-state index contributed by atoms with van der Waals surface area (Å²) >= 11 is 5.84. The number of nitrogens with two attached hydrogens (primary N) is 1. The van der Waals surface area contributed by atoms with E-state index in [2.05, 4.69) is 0 Å². The van der Waals surface area contributed by atoms with Crippen LogP contribution in [0.3, 0.4) is 0 Å². The maximum Gasteiger partial charge on any atom is 0.154 e. The first-order valence-corrected chi connectivity index (χ1v) is 5.44. The number of phenols is 1.